The first kappa shape index (κ1) is 16.1. The minimum atomic E-state index is -3.83. The van der Waals surface area contributed by atoms with Crippen molar-refractivity contribution in [1.82, 2.24) is 10.2 Å². The van der Waals surface area contributed by atoms with E-state index in [9.17, 15) is 21.6 Å². The van der Waals surface area contributed by atoms with Gasteiger partial charge < -0.3 is 5.32 Å². The van der Waals surface area contributed by atoms with E-state index >= 15 is 0 Å². The molecule has 1 aromatic rings. The molecule has 0 spiro atoms. The van der Waals surface area contributed by atoms with Gasteiger partial charge in [0, 0.05) is 32.7 Å². The fourth-order valence-electron chi connectivity index (χ4n) is 2.01. The molecule has 2 N–H and O–H groups in total. The first-order valence-electron chi connectivity index (χ1n) is 6.46. The molecule has 9 heteroatoms. The maximum Gasteiger partial charge on any atom is 0.234 e. The molecular formula is C12H16F3N3O2S. The topological polar surface area (TPSA) is 61.4 Å². The predicted molar refractivity (Wildman–Crippen MR) is 73.0 cm³/mol. The van der Waals surface area contributed by atoms with E-state index < -0.39 is 33.2 Å². The summed E-state index contributed by atoms with van der Waals surface area (Å²) < 4.78 is 64.9. The van der Waals surface area contributed by atoms with Crippen LogP contribution in [0.15, 0.2) is 12.1 Å². The largest absolute Gasteiger partial charge is 0.314 e. The number of halogens is 3. The molecule has 0 unspecified atom stereocenters. The van der Waals surface area contributed by atoms with Crippen LogP contribution in [0.1, 0.15) is 0 Å². The van der Waals surface area contributed by atoms with Crippen molar-refractivity contribution in [3.63, 3.8) is 0 Å². The quantitative estimate of drug-likeness (QED) is 0.785. The molecule has 5 nitrogen and oxygen atoms in total. The molecule has 0 radical (unpaired) electrons. The van der Waals surface area contributed by atoms with Crippen molar-refractivity contribution in [2.24, 2.45) is 0 Å². The lowest BCUT2D eigenvalue weighted by Crippen LogP contribution is -2.45. The Bertz CT molecular complexity index is 604. The minimum absolute atomic E-state index is 0.245. The minimum Gasteiger partial charge on any atom is -0.314 e. The highest BCUT2D eigenvalue weighted by molar-refractivity contribution is 7.92. The molecule has 1 aliphatic rings. The molecule has 0 atom stereocenters. The molecule has 0 amide bonds. The molecule has 2 rings (SSSR count). The van der Waals surface area contributed by atoms with Gasteiger partial charge in [0.2, 0.25) is 10.0 Å². The zero-order chi connectivity index (χ0) is 15.5. The highest BCUT2D eigenvalue weighted by Gasteiger charge is 2.19. The van der Waals surface area contributed by atoms with Crippen molar-refractivity contribution in [3.8, 4) is 0 Å². The summed E-state index contributed by atoms with van der Waals surface area (Å²) in [7, 11) is -3.83. The Hall–Kier alpha value is -1.32. The summed E-state index contributed by atoms with van der Waals surface area (Å²) in [6.45, 7) is 3.32. The standard InChI is InChI=1S/C12H16F3N3O2S/c13-9-1-2-10(12(15)11(9)14)17-21(19,20)8-7-18-5-3-16-4-6-18/h1-2,16-17H,3-8H2. The van der Waals surface area contributed by atoms with Crippen LogP contribution >= 0.6 is 0 Å². The molecule has 1 aliphatic heterocycles. The van der Waals surface area contributed by atoms with Gasteiger partial charge in [-0.25, -0.2) is 21.6 Å². The number of hydrogen-bond donors (Lipinski definition) is 2. The van der Waals surface area contributed by atoms with Gasteiger partial charge in [0.1, 0.15) is 0 Å². The SMILES string of the molecule is O=S(=O)(CCN1CCNCC1)Nc1ccc(F)c(F)c1F. The van der Waals surface area contributed by atoms with Crippen LogP contribution in [0.2, 0.25) is 0 Å². The second-order valence-corrected chi connectivity index (χ2v) is 6.58. The van der Waals surface area contributed by atoms with E-state index in [0.717, 1.165) is 32.2 Å². The first-order valence-corrected chi connectivity index (χ1v) is 8.11. The third kappa shape index (κ3) is 4.32. The summed E-state index contributed by atoms with van der Waals surface area (Å²) in [5.74, 6) is -4.85. The van der Waals surface area contributed by atoms with Gasteiger partial charge in [-0.15, -0.1) is 0 Å². The number of piperazine rings is 1. The maximum atomic E-state index is 13.4. The molecule has 1 heterocycles. The van der Waals surface area contributed by atoms with E-state index in [0.29, 0.717) is 12.6 Å². The average molecular weight is 323 g/mol. The Morgan fingerprint density at radius 3 is 2.48 bits per heavy atom. The van der Waals surface area contributed by atoms with Crippen LogP contribution < -0.4 is 10.0 Å². The van der Waals surface area contributed by atoms with Crippen molar-refractivity contribution in [1.29, 1.82) is 0 Å². The number of anilines is 1. The van der Waals surface area contributed by atoms with Crippen LogP contribution in [0.3, 0.4) is 0 Å². The second-order valence-electron chi connectivity index (χ2n) is 4.74. The van der Waals surface area contributed by atoms with Crippen LogP contribution in [0.5, 0.6) is 0 Å². The van der Waals surface area contributed by atoms with Gasteiger partial charge in [-0.2, -0.15) is 0 Å². The molecule has 1 fully saturated rings. The predicted octanol–water partition coefficient (Wildman–Crippen LogP) is 0.751. The van der Waals surface area contributed by atoms with Gasteiger partial charge in [0.15, 0.2) is 17.5 Å². The van der Waals surface area contributed by atoms with E-state index in [1.165, 1.54) is 0 Å². The lowest BCUT2D eigenvalue weighted by Gasteiger charge is -2.26. The lowest BCUT2D eigenvalue weighted by atomic mass is 10.3. The Labute approximate surface area is 121 Å². The molecular weight excluding hydrogens is 307 g/mol. The van der Waals surface area contributed by atoms with E-state index in [-0.39, 0.29) is 5.75 Å². The van der Waals surface area contributed by atoms with Gasteiger partial charge in [-0.1, -0.05) is 0 Å². The monoisotopic (exact) mass is 323 g/mol. The number of hydrogen-bond acceptors (Lipinski definition) is 4. The Kier molecular flexibility index (Phi) is 5.07. The van der Waals surface area contributed by atoms with Crippen LogP contribution in [0.25, 0.3) is 0 Å². The fraction of sp³-hybridized carbons (Fsp3) is 0.500. The highest BCUT2D eigenvalue weighted by Crippen LogP contribution is 2.20. The molecule has 1 aromatic carbocycles. The van der Waals surface area contributed by atoms with E-state index in [4.69, 9.17) is 0 Å². The number of nitrogens with zero attached hydrogens (tertiary/aromatic N) is 1. The van der Waals surface area contributed by atoms with Gasteiger partial charge in [-0.05, 0) is 12.1 Å². The van der Waals surface area contributed by atoms with Gasteiger partial charge >= 0.3 is 0 Å². The van der Waals surface area contributed by atoms with E-state index in [2.05, 4.69) is 5.32 Å². The molecule has 0 aromatic heterocycles. The van der Waals surface area contributed by atoms with Crippen LogP contribution in [0, 0.1) is 17.5 Å². The number of nitrogens with one attached hydrogen (secondary N) is 2. The molecule has 0 saturated carbocycles. The van der Waals surface area contributed by atoms with Crippen molar-refractivity contribution in [3.05, 3.63) is 29.6 Å². The molecule has 1 saturated heterocycles. The van der Waals surface area contributed by atoms with Gasteiger partial charge in [-0.3, -0.25) is 9.62 Å². The summed E-state index contributed by atoms with van der Waals surface area (Å²) in [5, 5.41) is 3.14. The van der Waals surface area contributed by atoms with E-state index in [1.54, 1.807) is 0 Å². The lowest BCUT2D eigenvalue weighted by molar-refractivity contribution is 0.254. The smallest absolute Gasteiger partial charge is 0.234 e. The Morgan fingerprint density at radius 1 is 1.14 bits per heavy atom. The van der Waals surface area contributed by atoms with Gasteiger partial charge in [0.05, 0.1) is 11.4 Å². The van der Waals surface area contributed by atoms with Crippen molar-refractivity contribution < 1.29 is 21.6 Å². The first-order chi connectivity index (χ1) is 9.89. The Morgan fingerprint density at radius 2 is 1.81 bits per heavy atom. The molecule has 0 bridgehead atoms. The zero-order valence-electron chi connectivity index (χ0n) is 11.2. The Balaban J connectivity index is 1.99. The number of sulfonamides is 1. The van der Waals surface area contributed by atoms with Crippen molar-refractivity contribution >= 4 is 15.7 Å². The van der Waals surface area contributed by atoms with E-state index in [1.807, 2.05) is 9.62 Å². The van der Waals surface area contributed by atoms with Crippen molar-refractivity contribution in [2.45, 2.75) is 0 Å². The fourth-order valence-corrected chi connectivity index (χ4v) is 3.10. The van der Waals surface area contributed by atoms with Crippen molar-refractivity contribution in [2.75, 3.05) is 43.2 Å². The van der Waals surface area contributed by atoms with Gasteiger partial charge in [0.25, 0.3) is 0 Å². The normalized spacial score (nSPS) is 16.9. The maximum absolute atomic E-state index is 13.4. The summed E-state index contributed by atoms with van der Waals surface area (Å²) in [4.78, 5) is 1.96. The summed E-state index contributed by atoms with van der Waals surface area (Å²) >= 11 is 0. The molecule has 21 heavy (non-hydrogen) atoms. The third-order valence-electron chi connectivity index (χ3n) is 3.19. The third-order valence-corrected chi connectivity index (χ3v) is 4.44. The summed E-state index contributed by atoms with van der Waals surface area (Å²) in [6, 6.07) is 1.53. The molecule has 118 valence electrons. The summed E-state index contributed by atoms with van der Waals surface area (Å²) in [5.41, 5.74) is -0.589. The average Bonchev–Trinajstić information content (AvgIpc) is 2.47. The second kappa shape index (κ2) is 6.63. The summed E-state index contributed by atoms with van der Waals surface area (Å²) in [6.07, 6.45) is 0. The highest BCUT2D eigenvalue weighted by atomic mass is 32.2. The zero-order valence-corrected chi connectivity index (χ0v) is 12.0. The molecule has 0 aliphatic carbocycles. The number of rotatable bonds is 5. The van der Waals surface area contributed by atoms with Crippen LogP contribution in [-0.2, 0) is 10.0 Å². The number of benzene rings is 1. The van der Waals surface area contributed by atoms with Crippen LogP contribution in [-0.4, -0.2) is 51.8 Å². The van der Waals surface area contributed by atoms with Crippen LogP contribution in [0.4, 0.5) is 18.9 Å².